The zero-order chi connectivity index (χ0) is 23.9. The molecule has 0 aliphatic heterocycles. The zero-order valence-corrected chi connectivity index (χ0v) is 19.9. The molecule has 3 N–H and O–H groups in total. The van der Waals surface area contributed by atoms with E-state index in [0.29, 0.717) is 17.9 Å². The lowest BCUT2D eigenvalue weighted by molar-refractivity contribution is -0.115. The minimum absolute atomic E-state index is 0.0482. The van der Waals surface area contributed by atoms with Gasteiger partial charge in [-0.2, -0.15) is 5.10 Å². The van der Waals surface area contributed by atoms with Crippen LogP contribution in [-0.2, 0) is 4.79 Å². The standard InChI is InChI=1S/C26H21N7OS/c1-3-22(34)29-17-10-16(12-27-13-17)15-5-6-19-18(11-15)23(33-32-19)26-30-20-8-9-28-25(24(20)31-26)21-7-4-14(2)35-21/h4-13H,3H2,1-2H3,(H,29,34)(H,30,31)(H,32,33). The van der Waals surface area contributed by atoms with Gasteiger partial charge in [0.15, 0.2) is 5.82 Å². The SMILES string of the molecule is CCC(=O)Nc1cncc(-c2ccc3[nH]nc(-c4nc5c(-c6ccc(C)s6)nccc5[nH]4)c3c2)c1. The van der Waals surface area contributed by atoms with Gasteiger partial charge in [0.2, 0.25) is 5.91 Å². The number of thiophene rings is 1. The van der Waals surface area contributed by atoms with Crippen LogP contribution in [0.15, 0.2) is 61.1 Å². The van der Waals surface area contributed by atoms with E-state index < -0.39 is 0 Å². The predicted octanol–water partition coefficient (Wildman–Crippen LogP) is 5.95. The Balaban J connectivity index is 1.43. The van der Waals surface area contributed by atoms with Crippen molar-refractivity contribution in [3.8, 4) is 33.2 Å². The first-order valence-corrected chi connectivity index (χ1v) is 12.1. The highest BCUT2D eigenvalue weighted by atomic mass is 32.1. The molecule has 0 saturated carbocycles. The molecule has 8 nitrogen and oxygen atoms in total. The lowest BCUT2D eigenvalue weighted by Crippen LogP contribution is -2.09. The number of aromatic nitrogens is 6. The van der Waals surface area contributed by atoms with Crippen LogP contribution in [0.3, 0.4) is 0 Å². The molecule has 6 rings (SSSR count). The number of aromatic amines is 2. The molecule has 35 heavy (non-hydrogen) atoms. The Labute approximate surface area is 204 Å². The number of nitrogens with one attached hydrogen (secondary N) is 3. The molecule has 0 aliphatic carbocycles. The fourth-order valence-electron chi connectivity index (χ4n) is 4.08. The summed E-state index contributed by atoms with van der Waals surface area (Å²) in [5.41, 5.74) is 6.76. The number of amides is 1. The average molecular weight is 480 g/mol. The molecule has 1 aromatic carbocycles. The van der Waals surface area contributed by atoms with Crippen molar-refractivity contribution in [3.05, 3.63) is 65.9 Å². The monoisotopic (exact) mass is 479 g/mol. The highest BCUT2D eigenvalue weighted by Crippen LogP contribution is 2.34. The molecule has 0 atom stereocenters. The quantitative estimate of drug-likeness (QED) is 0.283. The van der Waals surface area contributed by atoms with Crippen LogP contribution in [0.5, 0.6) is 0 Å². The smallest absolute Gasteiger partial charge is 0.224 e. The normalized spacial score (nSPS) is 11.4. The molecule has 0 fully saturated rings. The lowest BCUT2D eigenvalue weighted by Gasteiger charge is -2.06. The van der Waals surface area contributed by atoms with Gasteiger partial charge in [0, 0.05) is 34.6 Å². The van der Waals surface area contributed by atoms with E-state index in [1.807, 2.05) is 31.2 Å². The van der Waals surface area contributed by atoms with E-state index in [1.165, 1.54) is 4.88 Å². The minimum atomic E-state index is -0.0482. The van der Waals surface area contributed by atoms with Gasteiger partial charge in [0.25, 0.3) is 0 Å². The number of anilines is 1. The van der Waals surface area contributed by atoms with Gasteiger partial charge < -0.3 is 10.3 Å². The van der Waals surface area contributed by atoms with Crippen molar-refractivity contribution < 1.29 is 4.79 Å². The number of carbonyl (C=O) groups excluding carboxylic acids is 1. The van der Waals surface area contributed by atoms with E-state index in [9.17, 15) is 4.79 Å². The van der Waals surface area contributed by atoms with E-state index in [1.54, 1.807) is 29.9 Å². The van der Waals surface area contributed by atoms with E-state index in [-0.39, 0.29) is 5.91 Å². The van der Waals surface area contributed by atoms with Gasteiger partial charge >= 0.3 is 0 Å². The number of hydrogen-bond acceptors (Lipinski definition) is 6. The van der Waals surface area contributed by atoms with E-state index in [2.05, 4.69) is 55.6 Å². The molecular weight excluding hydrogens is 458 g/mol. The second kappa shape index (κ2) is 8.44. The number of aryl methyl sites for hydroxylation is 1. The van der Waals surface area contributed by atoms with Crippen LogP contribution >= 0.6 is 11.3 Å². The van der Waals surface area contributed by atoms with Crippen LogP contribution in [0.2, 0.25) is 0 Å². The van der Waals surface area contributed by atoms with Gasteiger partial charge in [-0.15, -0.1) is 11.3 Å². The third kappa shape index (κ3) is 3.85. The van der Waals surface area contributed by atoms with Crippen LogP contribution in [0.4, 0.5) is 5.69 Å². The van der Waals surface area contributed by atoms with Gasteiger partial charge in [-0.25, -0.2) is 4.98 Å². The summed E-state index contributed by atoms with van der Waals surface area (Å²) in [7, 11) is 0. The Hall–Kier alpha value is -4.37. The number of nitrogens with zero attached hydrogens (tertiary/aromatic N) is 4. The molecule has 5 heterocycles. The molecule has 1 amide bonds. The molecule has 0 spiro atoms. The first-order valence-electron chi connectivity index (χ1n) is 11.2. The van der Waals surface area contributed by atoms with Crippen molar-refractivity contribution in [2.45, 2.75) is 20.3 Å². The molecule has 172 valence electrons. The molecular formula is C26H21N7OS. The number of H-pyrrole nitrogens is 2. The highest BCUT2D eigenvalue weighted by Gasteiger charge is 2.17. The maximum absolute atomic E-state index is 11.8. The second-order valence-electron chi connectivity index (χ2n) is 8.25. The number of carbonyl (C=O) groups is 1. The predicted molar refractivity (Wildman–Crippen MR) is 139 cm³/mol. The van der Waals surface area contributed by atoms with Gasteiger partial charge in [0.05, 0.1) is 27.8 Å². The molecule has 0 saturated heterocycles. The van der Waals surface area contributed by atoms with Crippen LogP contribution < -0.4 is 5.32 Å². The van der Waals surface area contributed by atoms with E-state index >= 15 is 0 Å². The summed E-state index contributed by atoms with van der Waals surface area (Å²) in [6, 6.07) is 14.1. The van der Waals surface area contributed by atoms with Crippen molar-refractivity contribution >= 4 is 44.9 Å². The molecule has 0 radical (unpaired) electrons. The number of fused-ring (bicyclic) bond motifs is 2. The summed E-state index contributed by atoms with van der Waals surface area (Å²) in [4.78, 5) is 31.3. The largest absolute Gasteiger partial charge is 0.336 e. The second-order valence-corrected chi connectivity index (χ2v) is 9.54. The van der Waals surface area contributed by atoms with Crippen molar-refractivity contribution in [2.75, 3.05) is 5.32 Å². The summed E-state index contributed by atoms with van der Waals surface area (Å²) in [6.07, 6.45) is 5.64. The van der Waals surface area contributed by atoms with Crippen LogP contribution in [0.25, 0.3) is 55.2 Å². The first kappa shape index (κ1) is 21.2. The molecule has 6 aromatic rings. The highest BCUT2D eigenvalue weighted by molar-refractivity contribution is 7.15. The molecule has 5 aromatic heterocycles. The van der Waals surface area contributed by atoms with Gasteiger partial charge in [-0.3, -0.25) is 19.9 Å². The molecule has 0 aliphatic rings. The van der Waals surface area contributed by atoms with Crippen LogP contribution in [-0.4, -0.2) is 36.0 Å². The number of rotatable bonds is 5. The molecule has 9 heteroatoms. The average Bonchev–Trinajstić information content (AvgIpc) is 3.61. The first-order chi connectivity index (χ1) is 17.1. The Bertz CT molecular complexity index is 1710. The topological polar surface area (TPSA) is 112 Å². The maximum atomic E-state index is 11.8. The van der Waals surface area contributed by atoms with Crippen molar-refractivity contribution in [1.29, 1.82) is 0 Å². The summed E-state index contributed by atoms with van der Waals surface area (Å²) >= 11 is 1.70. The fraction of sp³-hybridized carbons (Fsp3) is 0.115. The van der Waals surface area contributed by atoms with E-state index in [4.69, 9.17) is 4.98 Å². The van der Waals surface area contributed by atoms with Gasteiger partial charge in [-0.05, 0) is 48.9 Å². The minimum Gasteiger partial charge on any atom is -0.336 e. The fourth-order valence-corrected chi connectivity index (χ4v) is 4.94. The third-order valence-corrected chi connectivity index (χ3v) is 6.85. The Morgan fingerprint density at radius 1 is 1.03 bits per heavy atom. The van der Waals surface area contributed by atoms with Crippen LogP contribution in [0.1, 0.15) is 18.2 Å². The van der Waals surface area contributed by atoms with Gasteiger partial charge in [0.1, 0.15) is 16.9 Å². The number of imidazole rings is 1. The Morgan fingerprint density at radius 2 is 1.94 bits per heavy atom. The van der Waals surface area contributed by atoms with Crippen molar-refractivity contribution in [1.82, 2.24) is 30.1 Å². The van der Waals surface area contributed by atoms with Crippen LogP contribution in [0, 0.1) is 6.92 Å². The van der Waals surface area contributed by atoms with Crippen molar-refractivity contribution in [2.24, 2.45) is 0 Å². The summed E-state index contributed by atoms with van der Waals surface area (Å²) in [5, 5.41) is 11.5. The number of benzene rings is 1. The summed E-state index contributed by atoms with van der Waals surface area (Å²) < 4.78 is 0. The Morgan fingerprint density at radius 3 is 2.77 bits per heavy atom. The lowest BCUT2D eigenvalue weighted by atomic mass is 10.0. The number of hydrogen-bond donors (Lipinski definition) is 3. The zero-order valence-electron chi connectivity index (χ0n) is 19.1. The summed E-state index contributed by atoms with van der Waals surface area (Å²) in [6.45, 7) is 3.90. The maximum Gasteiger partial charge on any atom is 0.224 e. The van der Waals surface area contributed by atoms with Gasteiger partial charge in [-0.1, -0.05) is 13.0 Å². The number of pyridine rings is 2. The molecule has 0 bridgehead atoms. The van der Waals surface area contributed by atoms with E-state index in [0.717, 1.165) is 49.3 Å². The van der Waals surface area contributed by atoms with Crippen molar-refractivity contribution in [3.63, 3.8) is 0 Å². The third-order valence-electron chi connectivity index (χ3n) is 5.84. The Kier molecular flexibility index (Phi) is 5.11. The summed E-state index contributed by atoms with van der Waals surface area (Å²) in [5.74, 6) is 0.626. The molecule has 0 unspecified atom stereocenters.